The molecular weight excluding hydrogens is 391 g/mol. The standard InChI is InChI=1S/C17H15IN2O2/c1-10(2)17-20-14-9-13(6-7-15(14)22-17)19-16(21)11-4-3-5-12(18)8-11/h3-10H,1-2H3,(H,19,21). The van der Waals surface area contributed by atoms with Crippen molar-refractivity contribution in [1.29, 1.82) is 0 Å². The van der Waals surface area contributed by atoms with Gasteiger partial charge in [-0.1, -0.05) is 19.9 Å². The predicted molar refractivity (Wildman–Crippen MR) is 95.2 cm³/mol. The molecule has 3 rings (SSSR count). The average Bonchev–Trinajstić information content (AvgIpc) is 2.90. The topological polar surface area (TPSA) is 55.1 Å². The van der Waals surface area contributed by atoms with Crippen molar-refractivity contribution in [2.75, 3.05) is 5.32 Å². The van der Waals surface area contributed by atoms with Crippen molar-refractivity contribution in [1.82, 2.24) is 4.98 Å². The van der Waals surface area contributed by atoms with Crippen molar-refractivity contribution in [3.8, 4) is 0 Å². The molecule has 0 saturated carbocycles. The van der Waals surface area contributed by atoms with Crippen molar-refractivity contribution in [2.45, 2.75) is 19.8 Å². The van der Waals surface area contributed by atoms with E-state index >= 15 is 0 Å². The van der Waals surface area contributed by atoms with E-state index in [4.69, 9.17) is 4.42 Å². The average molecular weight is 406 g/mol. The highest BCUT2D eigenvalue weighted by Gasteiger charge is 2.11. The zero-order chi connectivity index (χ0) is 15.7. The molecule has 0 atom stereocenters. The van der Waals surface area contributed by atoms with Crippen LogP contribution in [0.2, 0.25) is 0 Å². The van der Waals surface area contributed by atoms with Crippen LogP contribution in [-0.4, -0.2) is 10.9 Å². The number of hydrogen-bond acceptors (Lipinski definition) is 3. The molecule has 0 bridgehead atoms. The lowest BCUT2D eigenvalue weighted by Gasteiger charge is -2.05. The van der Waals surface area contributed by atoms with Crippen LogP contribution in [0.25, 0.3) is 11.1 Å². The van der Waals surface area contributed by atoms with Gasteiger partial charge >= 0.3 is 0 Å². The molecule has 112 valence electrons. The van der Waals surface area contributed by atoms with Crippen molar-refractivity contribution in [3.05, 3.63) is 57.5 Å². The second-order valence-corrected chi connectivity index (χ2v) is 6.60. The summed E-state index contributed by atoms with van der Waals surface area (Å²) in [6, 6.07) is 12.9. The van der Waals surface area contributed by atoms with Gasteiger partial charge in [0.15, 0.2) is 11.5 Å². The van der Waals surface area contributed by atoms with Crippen molar-refractivity contribution >= 4 is 45.3 Å². The minimum atomic E-state index is -0.134. The fourth-order valence-electron chi connectivity index (χ4n) is 2.10. The predicted octanol–water partition coefficient (Wildman–Crippen LogP) is 4.81. The van der Waals surface area contributed by atoms with Gasteiger partial charge in [0.1, 0.15) is 5.52 Å². The highest BCUT2D eigenvalue weighted by molar-refractivity contribution is 14.1. The molecule has 0 saturated heterocycles. The number of amides is 1. The van der Waals surface area contributed by atoms with Gasteiger partial charge in [-0.05, 0) is 59.0 Å². The molecule has 0 aliphatic carbocycles. The maximum absolute atomic E-state index is 12.3. The van der Waals surface area contributed by atoms with Gasteiger partial charge < -0.3 is 9.73 Å². The lowest BCUT2D eigenvalue weighted by molar-refractivity contribution is 0.102. The molecule has 2 aromatic carbocycles. The fraction of sp³-hybridized carbons (Fsp3) is 0.176. The Morgan fingerprint density at radius 3 is 2.77 bits per heavy atom. The SMILES string of the molecule is CC(C)c1nc2cc(NC(=O)c3cccc(I)c3)ccc2o1. The molecule has 0 aliphatic rings. The molecule has 0 spiro atoms. The van der Waals surface area contributed by atoms with Gasteiger partial charge in [-0.2, -0.15) is 0 Å². The quantitative estimate of drug-likeness (QED) is 0.636. The highest BCUT2D eigenvalue weighted by Crippen LogP contribution is 2.24. The molecule has 4 nitrogen and oxygen atoms in total. The summed E-state index contributed by atoms with van der Waals surface area (Å²) in [4.78, 5) is 16.7. The Morgan fingerprint density at radius 1 is 1.23 bits per heavy atom. The van der Waals surface area contributed by atoms with E-state index in [1.165, 1.54) is 0 Å². The Bertz CT molecular complexity index is 840. The maximum Gasteiger partial charge on any atom is 0.255 e. The number of anilines is 1. The van der Waals surface area contributed by atoms with Gasteiger partial charge in [0, 0.05) is 20.7 Å². The summed E-state index contributed by atoms with van der Waals surface area (Å²) in [6.45, 7) is 4.06. The smallest absolute Gasteiger partial charge is 0.255 e. The highest BCUT2D eigenvalue weighted by atomic mass is 127. The molecule has 22 heavy (non-hydrogen) atoms. The Labute approximate surface area is 142 Å². The van der Waals surface area contributed by atoms with Crippen LogP contribution in [0.1, 0.15) is 36.0 Å². The number of nitrogens with one attached hydrogen (secondary N) is 1. The van der Waals surface area contributed by atoms with Crippen LogP contribution in [0.15, 0.2) is 46.9 Å². The van der Waals surface area contributed by atoms with Crippen molar-refractivity contribution in [2.24, 2.45) is 0 Å². The van der Waals surface area contributed by atoms with Gasteiger partial charge in [0.2, 0.25) is 0 Å². The minimum Gasteiger partial charge on any atom is -0.440 e. The largest absolute Gasteiger partial charge is 0.440 e. The summed E-state index contributed by atoms with van der Waals surface area (Å²) in [5.74, 6) is 0.804. The maximum atomic E-state index is 12.3. The third-order valence-electron chi connectivity index (χ3n) is 3.24. The van der Waals surface area contributed by atoms with Crippen LogP contribution >= 0.6 is 22.6 Å². The number of oxazole rings is 1. The zero-order valence-electron chi connectivity index (χ0n) is 12.3. The van der Waals surface area contributed by atoms with E-state index in [2.05, 4.69) is 32.9 Å². The summed E-state index contributed by atoms with van der Waals surface area (Å²) < 4.78 is 6.69. The number of hydrogen-bond donors (Lipinski definition) is 1. The van der Waals surface area contributed by atoms with Gasteiger partial charge in [0.05, 0.1) is 0 Å². The van der Waals surface area contributed by atoms with E-state index in [1.807, 2.05) is 50.2 Å². The number of halogens is 1. The first-order valence-corrected chi connectivity index (χ1v) is 8.08. The molecule has 3 aromatic rings. The molecule has 1 N–H and O–H groups in total. The lowest BCUT2D eigenvalue weighted by atomic mass is 10.2. The van der Waals surface area contributed by atoms with E-state index < -0.39 is 0 Å². The van der Waals surface area contributed by atoms with Gasteiger partial charge in [-0.15, -0.1) is 0 Å². The Hall–Kier alpha value is -1.89. The van der Waals surface area contributed by atoms with Crippen LogP contribution in [0.4, 0.5) is 5.69 Å². The number of fused-ring (bicyclic) bond motifs is 1. The summed E-state index contributed by atoms with van der Waals surface area (Å²) in [5, 5.41) is 2.89. The molecular formula is C17H15IN2O2. The fourth-order valence-corrected chi connectivity index (χ4v) is 2.65. The number of aromatic nitrogens is 1. The third kappa shape index (κ3) is 3.14. The minimum absolute atomic E-state index is 0.134. The van der Waals surface area contributed by atoms with Crippen LogP contribution in [-0.2, 0) is 0 Å². The Kier molecular flexibility index (Phi) is 4.15. The first-order chi connectivity index (χ1) is 10.5. The van der Waals surface area contributed by atoms with Crippen molar-refractivity contribution in [3.63, 3.8) is 0 Å². The number of carbonyl (C=O) groups is 1. The molecule has 0 aliphatic heterocycles. The van der Waals surface area contributed by atoms with Crippen LogP contribution in [0.3, 0.4) is 0 Å². The van der Waals surface area contributed by atoms with E-state index in [0.717, 1.165) is 14.7 Å². The van der Waals surface area contributed by atoms with E-state index in [9.17, 15) is 4.79 Å². The molecule has 1 aromatic heterocycles. The van der Waals surface area contributed by atoms with Crippen LogP contribution in [0, 0.1) is 3.57 Å². The first-order valence-electron chi connectivity index (χ1n) is 7.00. The van der Waals surface area contributed by atoms with Crippen molar-refractivity contribution < 1.29 is 9.21 Å². The monoisotopic (exact) mass is 406 g/mol. The molecule has 5 heteroatoms. The van der Waals surface area contributed by atoms with Gasteiger partial charge in [-0.3, -0.25) is 4.79 Å². The van der Waals surface area contributed by atoms with Crippen LogP contribution < -0.4 is 5.32 Å². The second kappa shape index (κ2) is 6.08. The molecule has 1 amide bonds. The Balaban J connectivity index is 1.86. The van der Waals surface area contributed by atoms with Crippen LogP contribution in [0.5, 0.6) is 0 Å². The normalized spacial score (nSPS) is 11.1. The lowest BCUT2D eigenvalue weighted by Crippen LogP contribution is -2.11. The number of rotatable bonds is 3. The molecule has 1 heterocycles. The molecule has 0 radical (unpaired) electrons. The third-order valence-corrected chi connectivity index (χ3v) is 3.91. The molecule has 0 fully saturated rings. The zero-order valence-corrected chi connectivity index (χ0v) is 14.4. The Morgan fingerprint density at radius 2 is 2.05 bits per heavy atom. The second-order valence-electron chi connectivity index (χ2n) is 5.35. The summed E-state index contributed by atoms with van der Waals surface area (Å²) >= 11 is 2.19. The van der Waals surface area contributed by atoms with E-state index in [1.54, 1.807) is 6.07 Å². The van der Waals surface area contributed by atoms with Gasteiger partial charge in [-0.25, -0.2) is 4.98 Å². The summed E-state index contributed by atoms with van der Waals surface area (Å²) in [5.41, 5.74) is 2.83. The first kappa shape index (κ1) is 15.0. The summed E-state index contributed by atoms with van der Waals surface area (Å²) in [7, 11) is 0. The number of carbonyl (C=O) groups excluding carboxylic acids is 1. The number of nitrogens with zero attached hydrogens (tertiary/aromatic N) is 1. The van der Waals surface area contributed by atoms with Gasteiger partial charge in [0.25, 0.3) is 5.91 Å². The van der Waals surface area contributed by atoms with E-state index in [0.29, 0.717) is 17.1 Å². The summed E-state index contributed by atoms with van der Waals surface area (Å²) in [6.07, 6.45) is 0. The van der Waals surface area contributed by atoms with E-state index in [-0.39, 0.29) is 11.8 Å². The molecule has 0 unspecified atom stereocenters. The number of benzene rings is 2.